The van der Waals surface area contributed by atoms with Crippen molar-refractivity contribution in [2.24, 2.45) is 5.73 Å². The van der Waals surface area contributed by atoms with E-state index >= 15 is 0 Å². The lowest BCUT2D eigenvalue weighted by Gasteiger charge is -2.15. The number of hydrogen-bond donors (Lipinski definition) is 1. The van der Waals surface area contributed by atoms with E-state index in [9.17, 15) is 17.6 Å². The fraction of sp³-hybridized carbons (Fsp3) is 0.200. The van der Waals surface area contributed by atoms with Gasteiger partial charge in [0.1, 0.15) is 5.82 Å². The van der Waals surface area contributed by atoms with E-state index in [4.69, 9.17) is 5.73 Å². The van der Waals surface area contributed by atoms with Gasteiger partial charge in [-0.1, -0.05) is 34.1 Å². The van der Waals surface area contributed by atoms with Crippen molar-refractivity contribution in [3.05, 3.63) is 69.4 Å². The molecule has 0 radical (unpaired) electrons. The summed E-state index contributed by atoms with van der Waals surface area (Å²) in [4.78, 5) is 0. The summed E-state index contributed by atoms with van der Waals surface area (Å²) in [5.74, 6) is -1.29. The Labute approximate surface area is 127 Å². The SMILES string of the molecule is NC(Cc1ccc(Br)cc1)c1ccc(F)c(C(F)(F)F)c1. The molecular formula is C15H12BrF4N. The molecule has 6 heteroatoms. The summed E-state index contributed by atoms with van der Waals surface area (Å²) in [6, 6.07) is 9.55. The zero-order valence-corrected chi connectivity index (χ0v) is 12.4. The molecule has 1 unspecified atom stereocenters. The van der Waals surface area contributed by atoms with Gasteiger partial charge in [-0.2, -0.15) is 13.2 Å². The maximum atomic E-state index is 13.2. The summed E-state index contributed by atoms with van der Waals surface area (Å²) in [6.45, 7) is 0. The monoisotopic (exact) mass is 361 g/mol. The van der Waals surface area contributed by atoms with E-state index in [1.165, 1.54) is 6.07 Å². The van der Waals surface area contributed by atoms with Gasteiger partial charge in [-0.3, -0.25) is 0 Å². The van der Waals surface area contributed by atoms with Crippen LogP contribution < -0.4 is 5.73 Å². The highest BCUT2D eigenvalue weighted by Crippen LogP contribution is 2.33. The van der Waals surface area contributed by atoms with Gasteiger partial charge in [0.05, 0.1) is 5.56 Å². The van der Waals surface area contributed by atoms with Gasteiger partial charge in [0.15, 0.2) is 0 Å². The van der Waals surface area contributed by atoms with E-state index in [1.54, 1.807) is 0 Å². The number of hydrogen-bond acceptors (Lipinski definition) is 1. The van der Waals surface area contributed by atoms with E-state index in [0.29, 0.717) is 6.42 Å². The van der Waals surface area contributed by atoms with Crippen LogP contribution in [0.3, 0.4) is 0 Å². The minimum atomic E-state index is -4.72. The number of halogens is 5. The van der Waals surface area contributed by atoms with E-state index < -0.39 is 23.6 Å². The molecule has 0 aliphatic carbocycles. The van der Waals surface area contributed by atoms with Gasteiger partial charge < -0.3 is 5.73 Å². The van der Waals surface area contributed by atoms with E-state index in [-0.39, 0.29) is 5.56 Å². The molecule has 0 saturated heterocycles. The van der Waals surface area contributed by atoms with Crippen molar-refractivity contribution >= 4 is 15.9 Å². The quantitative estimate of drug-likeness (QED) is 0.777. The summed E-state index contributed by atoms with van der Waals surface area (Å²) in [5.41, 5.74) is 5.79. The van der Waals surface area contributed by atoms with Gasteiger partial charge in [-0.15, -0.1) is 0 Å². The molecule has 2 N–H and O–H groups in total. The third kappa shape index (κ3) is 4.04. The zero-order chi connectivity index (χ0) is 15.6. The number of rotatable bonds is 3. The third-order valence-corrected chi connectivity index (χ3v) is 3.62. The van der Waals surface area contributed by atoms with Gasteiger partial charge in [0.25, 0.3) is 0 Å². The molecule has 0 spiro atoms. The summed E-state index contributed by atoms with van der Waals surface area (Å²) >= 11 is 3.30. The summed E-state index contributed by atoms with van der Waals surface area (Å²) in [7, 11) is 0. The van der Waals surface area contributed by atoms with Crippen molar-refractivity contribution in [1.82, 2.24) is 0 Å². The van der Waals surface area contributed by atoms with Crippen LogP contribution in [0.5, 0.6) is 0 Å². The first-order valence-corrected chi connectivity index (χ1v) is 6.93. The van der Waals surface area contributed by atoms with Crippen molar-refractivity contribution in [1.29, 1.82) is 0 Å². The normalized spacial score (nSPS) is 13.2. The molecule has 2 aromatic rings. The molecule has 0 aromatic heterocycles. The molecule has 1 atom stereocenters. The maximum absolute atomic E-state index is 13.2. The van der Waals surface area contributed by atoms with Gasteiger partial charge >= 0.3 is 6.18 Å². The van der Waals surface area contributed by atoms with E-state index in [2.05, 4.69) is 15.9 Å². The molecule has 0 bridgehead atoms. The highest BCUT2D eigenvalue weighted by atomic mass is 79.9. The molecule has 21 heavy (non-hydrogen) atoms. The molecule has 0 aliphatic heterocycles. The Morgan fingerprint density at radius 2 is 1.67 bits per heavy atom. The Bertz CT molecular complexity index is 623. The van der Waals surface area contributed by atoms with Crippen molar-refractivity contribution in [3.8, 4) is 0 Å². The molecule has 0 aliphatic rings. The lowest BCUT2D eigenvalue weighted by molar-refractivity contribution is -0.140. The van der Waals surface area contributed by atoms with Crippen molar-refractivity contribution in [2.75, 3.05) is 0 Å². The second kappa shape index (κ2) is 6.15. The van der Waals surface area contributed by atoms with Crippen LogP contribution in [0.2, 0.25) is 0 Å². The molecule has 0 fully saturated rings. The first kappa shape index (κ1) is 16.0. The molecule has 1 nitrogen and oxygen atoms in total. The second-order valence-electron chi connectivity index (χ2n) is 4.67. The second-order valence-corrected chi connectivity index (χ2v) is 5.59. The first-order valence-electron chi connectivity index (χ1n) is 6.14. The summed E-state index contributed by atoms with van der Waals surface area (Å²) in [6.07, 6.45) is -4.35. The van der Waals surface area contributed by atoms with Crippen LogP contribution in [-0.4, -0.2) is 0 Å². The third-order valence-electron chi connectivity index (χ3n) is 3.09. The largest absolute Gasteiger partial charge is 0.419 e. The molecule has 2 aromatic carbocycles. The molecular weight excluding hydrogens is 350 g/mol. The highest BCUT2D eigenvalue weighted by molar-refractivity contribution is 9.10. The average Bonchev–Trinajstić information content (AvgIpc) is 2.40. The number of nitrogens with two attached hydrogens (primary N) is 1. The Morgan fingerprint density at radius 3 is 2.24 bits per heavy atom. The van der Waals surface area contributed by atoms with Crippen LogP contribution in [0, 0.1) is 5.82 Å². The number of alkyl halides is 3. The van der Waals surface area contributed by atoms with Crippen LogP contribution in [0.15, 0.2) is 46.9 Å². The summed E-state index contributed by atoms with van der Waals surface area (Å²) < 4.78 is 52.2. The molecule has 0 saturated carbocycles. The van der Waals surface area contributed by atoms with Gasteiger partial charge in [-0.25, -0.2) is 4.39 Å². The van der Waals surface area contributed by atoms with Crippen LogP contribution in [0.1, 0.15) is 22.7 Å². The summed E-state index contributed by atoms with van der Waals surface area (Å²) in [5, 5.41) is 0. The molecule has 0 heterocycles. The number of benzene rings is 2. The molecule has 2 rings (SSSR count). The molecule has 0 amide bonds. The van der Waals surface area contributed by atoms with Crippen molar-refractivity contribution in [3.63, 3.8) is 0 Å². The van der Waals surface area contributed by atoms with Gasteiger partial charge in [-0.05, 0) is 41.8 Å². The van der Waals surface area contributed by atoms with Gasteiger partial charge in [0.2, 0.25) is 0 Å². The first-order chi connectivity index (χ1) is 9.77. The maximum Gasteiger partial charge on any atom is 0.419 e. The minimum absolute atomic E-state index is 0.256. The van der Waals surface area contributed by atoms with Crippen LogP contribution in [-0.2, 0) is 12.6 Å². The highest BCUT2D eigenvalue weighted by Gasteiger charge is 2.34. The van der Waals surface area contributed by atoms with Crippen molar-refractivity contribution < 1.29 is 17.6 Å². The zero-order valence-electron chi connectivity index (χ0n) is 10.8. The fourth-order valence-corrected chi connectivity index (χ4v) is 2.25. The van der Waals surface area contributed by atoms with Crippen molar-refractivity contribution in [2.45, 2.75) is 18.6 Å². The van der Waals surface area contributed by atoms with Crippen LogP contribution in [0.25, 0.3) is 0 Å². The predicted octanol–water partition coefficient (Wildman–Crippen LogP) is 4.85. The smallest absolute Gasteiger partial charge is 0.324 e. The van der Waals surface area contributed by atoms with Crippen LogP contribution >= 0.6 is 15.9 Å². The topological polar surface area (TPSA) is 26.0 Å². The van der Waals surface area contributed by atoms with Crippen LogP contribution in [0.4, 0.5) is 17.6 Å². The predicted molar refractivity (Wildman–Crippen MR) is 76.2 cm³/mol. The minimum Gasteiger partial charge on any atom is -0.324 e. The lowest BCUT2D eigenvalue weighted by atomic mass is 9.98. The lowest BCUT2D eigenvalue weighted by Crippen LogP contribution is -2.16. The Balaban J connectivity index is 2.23. The standard InChI is InChI=1S/C15H12BrF4N/c16-11-4-1-9(2-5-11)7-14(21)10-3-6-13(17)12(8-10)15(18,19)20/h1-6,8,14H,7,21H2. The van der Waals surface area contributed by atoms with E-state index in [1.807, 2.05) is 24.3 Å². The average molecular weight is 362 g/mol. The fourth-order valence-electron chi connectivity index (χ4n) is 1.98. The molecule has 112 valence electrons. The van der Waals surface area contributed by atoms with E-state index in [0.717, 1.165) is 22.2 Å². The Hall–Kier alpha value is -1.40. The Morgan fingerprint density at radius 1 is 1.05 bits per heavy atom. The Kier molecular flexibility index (Phi) is 4.68. The van der Waals surface area contributed by atoms with Gasteiger partial charge in [0, 0.05) is 10.5 Å².